The third-order valence-corrected chi connectivity index (χ3v) is 5.47. The highest BCUT2D eigenvalue weighted by Gasteiger charge is 2.16. The molecule has 2 heterocycles. The molecule has 0 atom stereocenters. The average Bonchev–Trinajstić information content (AvgIpc) is 3.14. The van der Waals surface area contributed by atoms with Crippen LogP contribution in [0.3, 0.4) is 0 Å². The third-order valence-electron chi connectivity index (χ3n) is 4.41. The van der Waals surface area contributed by atoms with Crippen molar-refractivity contribution in [3.63, 3.8) is 0 Å². The summed E-state index contributed by atoms with van der Waals surface area (Å²) < 4.78 is 18.6. The standard InChI is InChI=1S/C23H22ClN3O4S/c1-23(2,3)13-30-18-8-6-15(12-19(18)29-4)27-10-9-25-20(21(27)28)32-22-26-16-11-14(24)5-7-17(16)31-22/h5-12H,13H2,1-4H3. The van der Waals surface area contributed by atoms with Gasteiger partial charge < -0.3 is 13.9 Å². The van der Waals surface area contributed by atoms with Crippen molar-refractivity contribution in [3.8, 4) is 17.2 Å². The topological polar surface area (TPSA) is 79.4 Å². The summed E-state index contributed by atoms with van der Waals surface area (Å²) in [7, 11) is 1.57. The fourth-order valence-corrected chi connectivity index (χ4v) is 3.80. The highest BCUT2D eigenvalue weighted by atomic mass is 35.5. The number of benzene rings is 2. The SMILES string of the molecule is COc1cc(-n2ccnc(Sc3nc4cc(Cl)ccc4o3)c2=O)ccc1OCC(C)(C)C. The van der Waals surface area contributed by atoms with E-state index in [1.807, 2.05) is 0 Å². The van der Waals surface area contributed by atoms with Crippen LogP contribution >= 0.6 is 23.4 Å². The van der Waals surface area contributed by atoms with Gasteiger partial charge in [-0.3, -0.25) is 9.36 Å². The Labute approximate surface area is 194 Å². The molecule has 0 fully saturated rings. The lowest BCUT2D eigenvalue weighted by Crippen LogP contribution is -2.20. The zero-order valence-electron chi connectivity index (χ0n) is 18.1. The quantitative estimate of drug-likeness (QED) is 0.361. The second-order valence-corrected chi connectivity index (χ2v) is 9.66. The van der Waals surface area contributed by atoms with E-state index in [1.165, 1.54) is 4.57 Å². The molecule has 4 rings (SSSR count). The van der Waals surface area contributed by atoms with Crippen LogP contribution in [0, 0.1) is 5.41 Å². The normalized spacial score (nSPS) is 11.7. The molecule has 0 radical (unpaired) electrons. The van der Waals surface area contributed by atoms with Gasteiger partial charge in [0.1, 0.15) is 5.52 Å². The Bertz CT molecular complexity index is 1330. The maximum absolute atomic E-state index is 13.1. The van der Waals surface area contributed by atoms with Gasteiger partial charge in [-0.15, -0.1) is 0 Å². The fraction of sp³-hybridized carbons (Fsp3) is 0.261. The number of ether oxygens (including phenoxy) is 2. The van der Waals surface area contributed by atoms with E-state index in [4.69, 9.17) is 25.5 Å². The first-order valence-electron chi connectivity index (χ1n) is 9.86. The van der Waals surface area contributed by atoms with Gasteiger partial charge >= 0.3 is 0 Å². The summed E-state index contributed by atoms with van der Waals surface area (Å²) in [6.45, 7) is 6.81. The molecular formula is C23H22ClN3O4S. The molecular weight excluding hydrogens is 450 g/mol. The molecule has 166 valence electrons. The second kappa shape index (κ2) is 8.88. The van der Waals surface area contributed by atoms with Crippen LogP contribution in [-0.4, -0.2) is 28.3 Å². The smallest absolute Gasteiger partial charge is 0.288 e. The molecule has 0 aliphatic heterocycles. The summed E-state index contributed by atoms with van der Waals surface area (Å²) in [6, 6.07) is 10.5. The molecule has 2 aromatic carbocycles. The molecule has 0 unspecified atom stereocenters. The third kappa shape index (κ3) is 4.92. The van der Waals surface area contributed by atoms with Gasteiger partial charge in [0.05, 0.1) is 19.4 Å². The molecule has 0 bridgehead atoms. The Kier molecular flexibility index (Phi) is 6.17. The molecule has 0 aliphatic rings. The minimum absolute atomic E-state index is 0.00781. The van der Waals surface area contributed by atoms with Crippen LogP contribution in [0.15, 0.2) is 68.3 Å². The molecule has 4 aromatic rings. The number of hydrogen-bond acceptors (Lipinski definition) is 7. The Morgan fingerprint density at radius 1 is 1.16 bits per heavy atom. The van der Waals surface area contributed by atoms with Crippen molar-refractivity contribution in [2.24, 2.45) is 5.41 Å². The van der Waals surface area contributed by atoms with Crippen LogP contribution in [0.5, 0.6) is 11.5 Å². The summed E-state index contributed by atoms with van der Waals surface area (Å²) in [5.74, 6) is 1.16. The number of aromatic nitrogens is 3. The molecule has 32 heavy (non-hydrogen) atoms. The van der Waals surface area contributed by atoms with E-state index in [1.54, 1.807) is 55.9 Å². The van der Waals surface area contributed by atoms with E-state index < -0.39 is 0 Å². The van der Waals surface area contributed by atoms with Crippen LogP contribution in [0.25, 0.3) is 16.8 Å². The minimum Gasteiger partial charge on any atom is -0.493 e. The summed E-state index contributed by atoms with van der Waals surface area (Å²) in [5, 5.41) is 1.11. The van der Waals surface area contributed by atoms with Gasteiger partial charge in [0.15, 0.2) is 22.1 Å². The van der Waals surface area contributed by atoms with Gasteiger partial charge in [-0.2, -0.15) is 0 Å². The van der Waals surface area contributed by atoms with Crippen molar-refractivity contribution < 1.29 is 13.9 Å². The first-order valence-corrected chi connectivity index (χ1v) is 11.1. The summed E-state index contributed by atoms with van der Waals surface area (Å²) in [6.07, 6.45) is 3.16. The van der Waals surface area contributed by atoms with E-state index in [0.29, 0.717) is 45.1 Å². The van der Waals surface area contributed by atoms with Gasteiger partial charge in [-0.25, -0.2) is 9.97 Å². The molecule has 7 nitrogen and oxygen atoms in total. The molecule has 0 spiro atoms. The second-order valence-electron chi connectivity index (χ2n) is 8.29. The van der Waals surface area contributed by atoms with E-state index in [2.05, 4.69) is 30.7 Å². The molecule has 0 saturated carbocycles. The number of halogens is 1. The Morgan fingerprint density at radius 3 is 2.72 bits per heavy atom. The highest BCUT2D eigenvalue weighted by molar-refractivity contribution is 7.99. The van der Waals surface area contributed by atoms with E-state index in [9.17, 15) is 4.79 Å². The Morgan fingerprint density at radius 2 is 1.97 bits per heavy atom. The monoisotopic (exact) mass is 471 g/mol. The van der Waals surface area contributed by atoms with Crippen molar-refractivity contribution in [1.82, 2.24) is 14.5 Å². The maximum atomic E-state index is 13.1. The first-order chi connectivity index (χ1) is 15.2. The molecule has 0 aliphatic carbocycles. The largest absolute Gasteiger partial charge is 0.493 e. The number of fused-ring (bicyclic) bond motifs is 1. The Balaban J connectivity index is 1.63. The molecule has 9 heteroatoms. The number of hydrogen-bond donors (Lipinski definition) is 0. The van der Waals surface area contributed by atoms with Gasteiger partial charge in [0.2, 0.25) is 0 Å². The van der Waals surface area contributed by atoms with Crippen LogP contribution in [-0.2, 0) is 0 Å². The zero-order chi connectivity index (χ0) is 22.9. The van der Waals surface area contributed by atoms with Crippen LogP contribution in [0.4, 0.5) is 0 Å². The van der Waals surface area contributed by atoms with E-state index in [0.717, 1.165) is 11.8 Å². The number of nitrogens with zero attached hydrogens (tertiary/aromatic N) is 3. The molecule has 2 aromatic heterocycles. The number of rotatable bonds is 6. The minimum atomic E-state index is -0.303. The lowest BCUT2D eigenvalue weighted by Gasteiger charge is -2.20. The lowest BCUT2D eigenvalue weighted by atomic mass is 9.99. The Hall–Kier alpha value is -2.97. The van der Waals surface area contributed by atoms with Gasteiger partial charge in [-0.05, 0) is 47.5 Å². The molecule has 0 saturated heterocycles. The molecule has 0 amide bonds. The first kappa shape index (κ1) is 22.2. The maximum Gasteiger partial charge on any atom is 0.288 e. The number of oxazole rings is 1. The van der Waals surface area contributed by atoms with Crippen molar-refractivity contribution in [2.75, 3.05) is 13.7 Å². The fourth-order valence-electron chi connectivity index (χ4n) is 2.89. The van der Waals surface area contributed by atoms with E-state index in [-0.39, 0.29) is 16.0 Å². The average molecular weight is 472 g/mol. The van der Waals surface area contributed by atoms with Gasteiger partial charge in [0, 0.05) is 23.5 Å². The molecule has 0 N–H and O–H groups in total. The predicted molar refractivity (Wildman–Crippen MR) is 124 cm³/mol. The van der Waals surface area contributed by atoms with Crippen molar-refractivity contribution in [2.45, 2.75) is 31.0 Å². The van der Waals surface area contributed by atoms with Gasteiger partial charge in [-0.1, -0.05) is 32.4 Å². The van der Waals surface area contributed by atoms with Crippen LogP contribution < -0.4 is 15.0 Å². The summed E-state index contributed by atoms with van der Waals surface area (Å²) in [4.78, 5) is 21.7. The summed E-state index contributed by atoms with van der Waals surface area (Å²) in [5.41, 5.74) is 1.54. The van der Waals surface area contributed by atoms with Crippen LogP contribution in [0.1, 0.15) is 20.8 Å². The summed E-state index contributed by atoms with van der Waals surface area (Å²) >= 11 is 7.06. The lowest BCUT2D eigenvalue weighted by molar-refractivity contribution is 0.191. The predicted octanol–water partition coefficient (Wildman–Crippen LogP) is 5.61. The highest BCUT2D eigenvalue weighted by Crippen LogP contribution is 2.32. The van der Waals surface area contributed by atoms with E-state index >= 15 is 0 Å². The van der Waals surface area contributed by atoms with Crippen molar-refractivity contribution in [1.29, 1.82) is 0 Å². The van der Waals surface area contributed by atoms with Crippen molar-refractivity contribution >= 4 is 34.5 Å². The number of methoxy groups -OCH3 is 1. The van der Waals surface area contributed by atoms with Crippen LogP contribution in [0.2, 0.25) is 5.02 Å². The van der Waals surface area contributed by atoms with Gasteiger partial charge in [0.25, 0.3) is 10.8 Å². The zero-order valence-corrected chi connectivity index (χ0v) is 19.7. The van der Waals surface area contributed by atoms with Crippen molar-refractivity contribution in [3.05, 3.63) is 64.2 Å².